The first-order chi connectivity index (χ1) is 8.54. The van der Waals surface area contributed by atoms with Gasteiger partial charge < -0.3 is 5.32 Å². The van der Waals surface area contributed by atoms with Crippen molar-refractivity contribution >= 4 is 8.07 Å². The fraction of sp³-hybridized carbons (Fsp3) is 0.533. The summed E-state index contributed by atoms with van der Waals surface area (Å²) in [5.41, 5.74) is 5.74. The molecule has 0 aromatic carbocycles. The van der Waals surface area contributed by atoms with Crippen molar-refractivity contribution in [1.29, 1.82) is 0 Å². The van der Waals surface area contributed by atoms with Gasteiger partial charge in [0.15, 0.2) is 0 Å². The van der Waals surface area contributed by atoms with Crippen LogP contribution in [-0.2, 0) is 0 Å². The Hall–Kier alpha value is -1.11. The van der Waals surface area contributed by atoms with E-state index in [1.54, 1.807) is 0 Å². The minimum absolute atomic E-state index is 0.472. The average molecular weight is 258 g/mol. The van der Waals surface area contributed by atoms with Crippen molar-refractivity contribution in [3.05, 3.63) is 29.6 Å². The van der Waals surface area contributed by atoms with E-state index in [2.05, 4.69) is 47.5 Å². The normalized spacial score (nSPS) is 20.1. The molecule has 0 aliphatic carbocycles. The van der Waals surface area contributed by atoms with Crippen LogP contribution in [0.4, 0.5) is 0 Å². The predicted octanol–water partition coefficient (Wildman–Crippen LogP) is 3.13. The highest BCUT2D eigenvalue weighted by Gasteiger charge is 2.15. The second-order valence-electron chi connectivity index (χ2n) is 6.01. The molecule has 0 unspecified atom stereocenters. The van der Waals surface area contributed by atoms with Crippen LogP contribution in [0.2, 0.25) is 19.6 Å². The largest absolute Gasteiger partial charge is 0.310 e. The number of hydrogen-bond acceptors (Lipinski definition) is 2. The molecule has 0 amide bonds. The van der Waals surface area contributed by atoms with Crippen molar-refractivity contribution in [3.63, 3.8) is 0 Å². The smallest absolute Gasteiger partial charge is 0.129 e. The summed E-state index contributed by atoms with van der Waals surface area (Å²) in [5, 5.41) is 3.56. The first-order valence-corrected chi connectivity index (χ1v) is 10.3. The topological polar surface area (TPSA) is 24.9 Å². The summed E-state index contributed by atoms with van der Waals surface area (Å²) >= 11 is 0. The Morgan fingerprint density at radius 2 is 2.11 bits per heavy atom. The third kappa shape index (κ3) is 3.97. The fourth-order valence-corrected chi connectivity index (χ4v) is 2.63. The lowest BCUT2D eigenvalue weighted by atomic mass is 9.98. The number of nitrogens with zero attached hydrogens (tertiary/aromatic N) is 1. The van der Waals surface area contributed by atoms with Crippen LogP contribution in [0.25, 0.3) is 0 Å². The Morgan fingerprint density at radius 1 is 1.28 bits per heavy atom. The molecule has 0 spiro atoms. The van der Waals surface area contributed by atoms with Gasteiger partial charge in [-0.15, -0.1) is 5.54 Å². The van der Waals surface area contributed by atoms with Crippen molar-refractivity contribution in [1.82, 2.24) is 10.3 Å². The Kier molecular flexibility index (Phi) is 4.21. The molecule has 1 saturated heterocycles. The van der Waals surface area contributed by atoms with E-state index in [4.69, 9.17) is 0 Å². The highest BCUT2D eigenvalue weighted by atomic mass is 28.3. The van der Waals surface area contributed by atoms with Gasteiger partial charge in [0, 0.05) is 24.0 Å². The van der Waals surface area contributed by atoms with E-state index in [0.29, 0.717) is 6.04 Å². The van der Waals surface area contributed by atoms with Crippen LogP contribution in [-0.4, -0.2) is 19.6 Å². The van der Waals surface area contributed by atoms with Crippen LogP contribution in [0, 0.1) is 11.5 Å². The molecule has 2 rings (SSSR count). The van der Waals surface area contributed by atoms with Gasteiger partial charge >= 0.3 is 0 Å². The molecule has 2 nitrogen and oxygen atoms in total. The van der Waals surface area contributed by atoms with E-state index in [-0.39, 0.29) is 0 Å². The summed E-state index contributed by atoms with van der Waals surface area (Å²) in [6, 6.07) is 2.67. The maximum absolute atomic E-state index is 4.33. The van der Waals surface area contributed by atoms with Crippen LogP contribution in [0.15, 0.2) is 18.5 Å². The molecule has 1 aromatic heterocycles. The van der Waals surface area contributed by atoms with Crippen LogP contribution in [0.5, 0.6) is 0 Å². The van der Waals surface area contributed by atoms with Crippen LogP contribution in [0.1, 0.15) is 36.4 Å². The third-order valence-corrected chi connectivity index (χ3v) is 3.93. The molecule has 1 aromatic rings. The van der Waals surface area contributed by atoms with Gasteiger partial charge in [-0.1, -0.05) is 32.0 Å². The second-order valence-corrected chi connectivity index (χ2v) is 10.8. The summed E-state index contributed by atoms with van der Waals surface area (Å²) in [6.45, 7) is 7.91. The van der Waals surface area contributed by atoms with Gasteiger partial charge in [0.1, 0.15) is 8.07 Å². The summed E-state index contributed by atoms with van der Waals surface area (Å²) in [6.07, 6.45) is 7.66. The summed E-state index contributed by atoms with van der Waals surface area (Å²) in [5.74, 6) is 3.29. The standard InChI is InChI=1S/C15H22N2Si/c1-18(2,3)9-7-13-10-14(12-16-11-13)15-6-4-5-8-17-15/h10-12,15,17H,4-6,8H2,1-3H3/t15-/m0/s1. The number of rotatable bonds is 1. The molecule has 1 atom stereocenters. The van der Waals surface area contributed by atoms with E-state index >= 15 is 0 Å². The minimum atomic E-state index is -1.30. The van der Waals surface area contributed by atoms with Crippen molar-refractivity contribution in [2.24, 2.45) is 0 Å². The molecule has 96 valence electrons. The predicted molar refractivity (Wildman–Crippen MR) is 79.1 cm³/mol. The highest BCUT2D eigenvalue weighted by Crippen LogP contribution is 2.22. The first-order valence-electron chi connectivity index (χ1n) is 6.76. The molecule has 1 fully saturated rings. The van der Waals surface area contributed by atoms with Gasteiger partial charge in [0.2, 0.25) is 0 Å². The molecule has 1 N–H and O–H groups in total. The maximum atomic E-state index is 4.33. The molecule has 0 bridgehead atoms. The Labute approximate surface area is 111 Å². The van der Waals surface area contributed by atoms with Gasteiger partial charge in [0.05, 0.1) is 0 Å². The number of piperidine rings is 1. The molecular formula is C15H22N2Si. The number of pyridine rings is 1. The summed E-state index contributed by atoms with van der Waals surface area (Å²) in [4.78, 5) is 4.33. The molecule has 1 aliphatic heterocycles. The van der Waals surface area contributed by atoms with E-state index in [0.717, 1.165) is 12.1 Å². The Morgan fingerprint density at radius 3 is 2.78 bits per heavy atom. The quantitative estimate of drug-likeness (QED) is 0.618. The molecule has 1 aliphatic rings. The molecule has 3 heteroatoms. The van der Waals surface area contributed by atoms with Crippen LogP contribution < -0.4 is 5.32 Å². The Bertz CT molecular complexity index is 459. The van der Waals surface area contributed by atoms with Crippen molar-refractivity contribution in [3.8, 4) is 11.5 Å². The zero-order valence-electron chi connectivity index (χ0n) is 11.6. The maximum Gasteiger partial charge on any atom is 0.129 e. The Balaban J connectivity index is 2.16. The van der Waals surface area contributed by atoms with E-state index < -0.39 is 8.07 Å². The van der Waals surface area contributed by atoms with E-state index in [1.165, 1.54) is 24.8 Å². The van der Waals surface area contributed by atoms with Gasteiger partial charge in [-0.3, -0.25) is 4.98 Å². The van der Waals surface area contributed by atoms with Crippen LogP contribution in [0.3, 0.4) is 0 Å². The number of aromatic nitrogens is 1. The lowest BCUT2D eigenvalue weighted by Crippen LogP contribution is -2.26. The molecule has 18 heavy (non-hydrogen) atoms. The highest BCUT2D eigenvalue weighted by molar-refractivity contribution is 6.83. The first kappa shape index (κ1) is 13.3. The average Bonchev–Trinajstić information content (AvgIpc) is 2.37. The zero-order valence-corrected chi connectivity index (χ0v) is 12.6. The van der Waals surface area contributed by atoms with Crippen molar-refractivity contribution < 1.29 is 0 Å². The SMILES string of the molecule is C[Si](C)(C)C#Cc1cncc([C@@H]2CCCCN2)c1. The fourth-order valence-electron chi connectivity index (χ4n) is 2.11. The van der Waals surface area contributed by atoms with Crippen LogP contribution >= 0.6 is 0 Å². The van der Waals surface area contributed by atoms with E-state index in [9.17, 15) is 0 Å². The number of hydrogen-bond donors (Lipinski definition) is 1. The van der Waals surface area contributed by atoms with Gasteiger partial charge in [0.25, 0.3) is 0 Å². The lowest BCUT2D eigenvalue weighted by molar-refractivity contribution is 0.411. The van der Waals surface area contributed by atoms with Gasteiger partial charge in [-0.2, -0.15) is 0 Å². The van der Waals surface area contributed by atoms with Gasteiger partial charge in [-0.05, 0) is 31.0 Å². The third-order valence-electron chi connectivity index (χ3n) is 3.05. The molecule has 0 radical (unpaired) electrons. The summed E-state index contributed by atoms with van der Waals surface area (Å²) < 4.78 is 0. The molecule has 0 saturated carbocycles. The monoisotopic (exact) mass is 258 g/mol. The van der Waals surface area contributed by atoms with E-state index in [1.807, 2.05) is 12.4 Å². The molecular weight excluding hydrogens is 236 g/mol. The van der Waals surface area contributed by atoms with Crippen molar-refractivity contribution in [2.45, 2.75) is 44.9 Å². The summed E-state index contributed by atoms with van der Waals surface area (Å²) in [7, 11) is -1.30. The lowest BCUT2D eigenvalue weighted by Gasteiger charge is -2.23. The zero-order chi connectivity index (χ0) is 13.0. The second kappa shape index (κ2) is 5.68. The molecule has 2 heterocycles. The minimum Gasteiger partial charge on any atom is -0.310 e. The van der Waals surface area contributed by atoms with Crippen molar-refractivity contribution in [2.75, 3.05) is 6.54 Å². The number of nitrogens with one attached hydrogen (secondary N) is 1. The van der Waals surface area contributed by atoms with Gasteiger partial charge in [-0.25, -0.2) is 0 Å².